The molecule has 4 nitrogen and oxygen atoms in total. The minimum Gasteiger partial charge on any atom is -0.496 e. The largest absolute Gasteiger partial charge is 0.496 e. The number of rotatable bonds is 3. The zero-order valence-electron chi connectivity index (χ0n) is 9.68. The highest BCUT2D eigenvalue weighted by atomic mass is 16.5. The molecule has 0 aliphatic carbocycles. The Hall–Kier alpha value is -2.23. The van der Waals surface area contributed by atoms with Gasteiger partial charge in [-0.2, -0.15) is 0 Å². The van der Waals surface area contributed by atoms with Crippen LogP contribution in [0.5, 0.6) is 5.75 Å². The number of aryl methyl sites for hydroxylation is 1. The van der Waals surface area contributed by atoms with E-state index in [4.69, 9.17) is 4.74 Å². The average molecular weight is 228 g/mol. The predicted octanol–water partition coefficient (Wildman–Crippen LogP) is 2.02. The molecule has 0 N–H and O–H groups in total. The Morgan fingerprint density at radius 3 is 2.59 bits per heavy atom. The molecule has 2 rings (SSSR count). The summed E-state index contributed by atoms with van der Waals surface area (Å²) in [5.41, 5.74) is 2.02. The monoisotopic (exact) mass is 228 g/mol. The fourth-order valence-electron chi connectivity index (χ4n) is 1.56. The molecule has 0 bridgehead atoms. The molecule has 0 amide bonds. The van der Waals surface area contributed by atoms with Crippen LogP contribution in [0, 0.1) is 6.92 Å². The van der Waals surface area contributed by atoms with E-state index < -0.39 is 0 Å². The van der Waals surface area contributed by atoms with Gasteiger partial charge in [0.25, 0.3) is 0 Å². The highest BCUT2D eigenvalue weighted by Crippen LogP contribution is 2.22. The maximum absolute atomic E-state index is 12.2. The van der Waals surface area contributed by atoms with Gasteiger partial charge in [-0.25, -0.2) is 9.97 Å². The highest BCUT2D eigenvalue weighted by Gasteiger charge is 2.14. The molecular formula is C13H12N2O2. The van der Waals surface area contributed by atoms with Crippen LogP contribution in [0.15, 0.2) is 36.9 Å². The lowest BCUT2D eigenvalue weighted by Crippen LogP contribution is -2.05. The Balaban J connectivity index is 2.44. The van der Waals surface area contributed by atoms with Gasteiger partial charge in [-0.15, -0.1) is 0 Å². The van der Waals surface area contributed by atoms with Crippen molar-refractivity contribution in [3.63, 3.8) is 0 Å². The summed E-state index contributed by atoms with van der Waals surface area (Å²) >= 11 is 0. The second-order valence-electron chi connectivity index (χ2n) is 3.66. The second-order valence-corrected chi connectivity index (χ2v) is 3.66. The van der Waals surface area contributed by atoms with Crippen molar-refractivity contribution < 1.29 is 9.53 Å². The maximum Gasteiger partial charge on any atom is 0.199 e. The number of benzene rings is 1. The standard InChI is InChI=1S/C13H12N2O2/c1-9-3-4-11(12(5-9)17-2)13(16)10-6-14-8-15-7-10/h3-8H,1-2H3. The Morgan fingerprint density at radius 2 is 1.94 bits per heavy atom. The third-order valence-corrected chi connectivity index (χ3v) is 2.42. The van der Waals surface area contributed by atoms with Gasteiger partial charge in [0.15, 0.2) is 5.78 Å². The summed E-state index contributed by atoms with van der Waals surface area (Å²) in [6.45, 7) is 1.95. The first-order valence-electron chi connectivity index (χ1n) is 5.16. The molecule has 2 aromatic rings. The van der Waals surface area contributed by atoms with E-state index in [1.807, 2.05) is 19.1 Å². The Bertz CT molecular complexity index is 538. The van der Waals surface area contributed by atoms with E-state index in [1.54, 1.807) is 13.2 Å². The van der Waals surface area contributed by atoms with Crippen LogP contribution in [-0.2, 0) is 0 Å². The molecule has 0 aliphatic rings. The lowest BCUT2D eigenvalue weighted by Gasteiger charge is -2.08. The lowest BCUT2D eigenvalue weighted by atomic mass is 10.0. The SMILES string of the molecule is COc1cc(C)ccc1C(=O)c1cncnc1. The van der Waals surface area contributed by atoms with Crippen LogP contribution in [0.3, 0.4) is 0 Å². The quantitative estimate of drug-likeness (QED) is 0.754. The molecule has 17 heavy (non-hydrogen) atoms. The molecule has 1 aromatic carbocycles. The van der Waals surface area contributed by atoms with Gasteiger partial charge in [0.05, 0.1) is 18.2 Å². The molecule has 0 radical (unpaired) electrons. The van der Waals surface area contributed by atoms with E-state index in [0.717, 1.165) is 5.56 Å². The van der Waals surface area contributed by atoms with E-state index in [9.17, 15) is 4.79 Å². The number of hydrogen-bond donors (Lipinski definition) is 0. The Morgan fingerprint density at radius 1 is 1.24 bits per heavy atom. The average Bonchev–Trinajstić information content (AvgIpc) is 2.39. The van der Waals surface area contributed by atoms with E-state index in [-0.39, 0.29) is 5.78 Å². The van der Waals surface area contributed by atoms with Crippen molar-refractivity contribution >= 4 is 5.78 Å². The molecular weight excluding hydrogens is 216 g/mol. The zero-order chi connectivity index (χ0) is 12.3. The number of nitrogens with zero attached hydrogens (tertiary/aromatic N) is 2. The summed E-state index contributed by atoms with van der Waals surface area (Å²) in [7, 11) is 1.55. The van der Waals surface area contributed by atoms with Gasteiger partial charge < -0.3 is 4.74 Å². The summed E-state index contributed by atoms with van der Waals surface area (Å²) in [6, 6.07) is 5.46. The van der Waals surface area contributed by atoms with Gasteiger partial charge in [-0.1, -0.05) is 6.07 Å². The number of carbonyl (C=O) groups excluding carboxylic acids is 1. The first-order valence-corrected chi connectivity index (χ1v) is 5.16. The number of methoxy groups -OCH3 is 1. The van der Waals surface area contributed by atoms with Crippen LogP contribution in [0.2, 0.25) is 0 Å². The van der Waals surface area contributed by atoms with Crippen LogP contribution >= 0.6 is 0 Å². The number of ketones is 1. The first-order chi connectivity index (χ1) is 8.22. The molecule has 4 heteroatoms. The molecule has 0 atom stereocenters. The zero-order valence-corrected chi connectivity index (χ0v) is 9.68. The third kappa shape index (κ3) is 2.30. The van der Waals surface area contributed by atoms with E-state index in [0.29, 0.717) is 16.9 Å². The van der Waals surface area contributed by atoms with Crippen molar-refractivity contribution in [3.05, 3.63) is 53.6 Å². The maximum atomic E-state index is 12.2. The van der Waals surface area contributed by atoms with Crippen LogP contribution in [0.4, 0.5) is 0 Å². The van der Waals surface area contributed by atoms with Crippen LogP contribution in [0.1, 0.15) is 21.5 Å². The summed E-state index contributed by atoms with van der Waals surface area (Å²) in [6.07, 6.45) is 4.38. The molecule has 0 saturated heterocycles. The Kier molecular flexibility index (Phi) is 3.14. The van der Waals surface area contributed by atoms with Crippen LogP contribution in [-0.4, -0.2) is 22.9 Å². The predicted molar refractivity (Wildman–Crippen MR) is 63.2 cm³/mol. The fourth-order valence-corrected chi connectivity index (χ4v) is 1.56. The van der Waals surface area contributed by atoms with Crippen molar-refractivity contribution in [2.75, 3.05) is 7.11 Å². The van der Waals surface area contributed by atoms with Crippen LogP contribution < -0.4 is 4.74 Å². The number of carbonyl (C=O) groups is 1. The van der Waals surface area contributed by atoms with Crippen molar-refractivity contribution in [3.8, 4) is 5.75 Å². The van der Waals surface area contributed by atoms with Crippen molar-refractivity contribution in [1.82, 2.24) is 9.97 Å². The fraction of sp³-hybridized carbons (Fsp3) is 0.154. The summed E-state index contributed by atoms with van der Waals surface area (Å²) in [5, 5.41) is 0. The Labute approximate surface area is 99.3 Å². The van der Waals surface area contributed by atoms with E-state index in [2.05, 4.69) is 9.97 Å². The molecule has 0 aliphatic heterocycles. The van der Waals surface area contributed by atoms with Crippen molar-refractivity contribution in [2.45, 2.75) is 6.92 Å². The molecule has 0 unspecified atom stereocenters. The van der Waals surface area contributed by atoms with Crippen molar-refractivity contribution in [2.24, 2.45) is 0 Å². The van der Waals surface area contributed by atoms with Gasteiger partial charge >= 0.3 is 0 Å². The van der Waals surface area contributed by atoms with E-state index in [1.165, 1.54) is 18.7 Å². The van der Waals surface area contributed by atoms with Crippen molar-refractivity contribution in [1.29, 1.82) is 0 Å². The van der Waals surface area contributed by atoms with Gasteiger partial charge in [0.2, 0.25) is 0 Å². The summed E-state index contributed by atoms with van der Waals surface area (Å²) in [5.74, 6) is 0.432. The molecule has 0 saturated carbocycles. The topological polar surface area (TPSA) is 52.1 Å². The first kappa shape index (κ1) is 11.3. The summed E-state index contributed by atoms with van der Waals surface area (Å²) in [4.78, 5) is 19.8. The summed E-state index contributed by atoms with van der Waals surface area (Å²) < 4.78 is 5.21. The van der Waals surface area contributed by atoms with Gasteiger partial charge in [0.1, 0.15) is 12.1 Å². The number of aromatic nitrogens is 2. The molecule has 0 spiro atoms. The smallest absolute Gasteiger partial charge is 0.199 e. The third-order valence-electron chi connectivity index (χ3n) is 2.42. The van der Waals surface area contributed by atoms with E-state index >= 15 is 0 Å². The lowest BCUT2D eigenvalue weighted by molar-refractivity contribution is 0.103. The van der Waals surface area contributed by atoms with Gasteiger partial charge in [-0.3, -0.25) is 4.79 Å². The molecule has 0 fully saturated rings. The number of hydrogen-bond acceptors (Lipinski definition) is 4. The minimum absolute atomic E-state index is 0.137. The molecule has 1 aromatic heterocycles. The normalized spacial score (nSPS) is 10.0. The van der Waals surface area contributed by atoms with Gasteiger partial charge in [0, 0.05) is 12.4 Å². The highest BCUT2D eigenvalue weighted by molar-refractivity contribution is 6.10. The molecule has 1 heterocycles. The second kappa shape index (κ2) is 4.74. The minimum atomic E-state index is -0.137. The number of ether oxygens (including phenoxy) is 1. The molecule has 86 valence electrons. The van der Waals surface area contributed by atoms with Crippen LogP contribution in [0.25, 0.3) is 0 Å². The van der Waals surface area contributed by atoms with Gasteiger partial charge in [-0.05, 0) is 24.6 Å².